The molecule has 0 saturated carbocycles. The third-order valence-corrected chi connectivity index (χ3v) is 4.18. The fourth-order valence-corrected chi connectivity index (χ4v) is 3.01. The van der Waals surface area contributed by atoms with Crippen LogP contribution in [0.25, 0.3) is 0 Å². The number of nitrogens with zero attached hydrogens (tertiary/aromatic N) is 1. The van der Waals surface area contributed by atoms with E-state index in [1.54, 1.807) is 0 Å². The summed E-state index contributed by atoms with van der Waals surface area (Å²) >= 11 is 0. The molecule has 130 valence electrons. The highest BCUT2D eigenvalue weighted by molar-refractivity contribution is 5.88. The normalized spacial score (nSPS) is 21.3. The summed E-state index contributed by atoms with van der Waals surface area (Å²) in [4.78, 5) is 36.4. The van der Waals surface area contributed by atoms with Crippen molar-refractivity contribution in [1.29, 1.82) is 0 Å². The topological polar surface area (TPSA) is 113 Å². The number of carboxylic acid groups (broad SMARTS) is 1. The van der Waals surface area contributed by atoms with E-state index in [1.165, 1.54) is 11.8 Å². The second-order valence-electron chi connectivity index (χ2n) is 6.11. The highest BCUT2D eigenvalue weighted by Crippen LogP contribution is 2.20. The fourth-order valence-electron chi connectivity index (χ4n) is 3.01. The van der Waals surface area contributed by atoms with E-state index < -0.39 is 18.1 Å². The molecule has 0 spiro atoms. The number of carbonyl (C=O) groups excluding carboxylic acids is 2. The van der Waals surface area contributed by atoms with Crippen LogP contribution in [0.1, 0.15) is 25.3 Å². The number of aliphatic carboxylic acids is 1. The summed E-state index contributed by atoms with van der Waals surface area (Å²) in [6.45, 7) is 1.54. The van der Waals surface area contributed by atoms with Crippen molar-refractivity contribution in [3.05, 3.63) is 35.9 Å². The maximum absolute atomic E-state index is 12.5. The Balaban J connectivity index is 1.97. The molecule has 2 rings (SSSR count). The van der Waals surface area contributed by atoms with Crippen molar-refractivity contribution in [3.8, 4) is 0 Å². The number of carboxylic acids is 1. The standard InChI is InChI=1S/C17H23N3O4/c1-11(21)19-13-9-15(17(23)24)20(10-13)16(22)14(18)8-7-12-5-3-2-4-6-12/h2-6,13-15H,7-10,18H2,1H3,(H,19,21)(H,23,24)/t13-,14+,15-/m0/s1. The maximum Gasteiger partial charge on any atom is 0.326 e. The summed E-state index contributed by atoms with van der Waals surface area (Å²) in [6, 6.07) is 7.61. The van der Waals surface area contributed by atoms with Crippen molar-refractivity contribution < 1.29 is 19.5 Å². The first-order valence-corrected chi connectivity index (χ1v) is 7.98. The van der Waals surface area contributed by atoms with Crippen molar-refractivity contribution in [2.45, 2.75) is 44.3 Å². The third-order valence-electron chi connectivity index (χ3n) is 4.18. The third kappa shape index (κ3) is 4.55. The van der Waals surface area contributed by atoms with Gasteiger partial charge >= 0.3 is 5.97 Å². The van der Waals surface area contributed by atoms with Gasteiger partial charge in [0.15, 0.2) is 0 Å². The lowest BCUT2D eigenvalue weighted by Crippen LogP contribution is -2.49. The molecule has 0 unspecified atom stereocenters. The molecule has 4 N–H and O–H groups in total. The largest absolute Gasteiger partial charge is 0.480 e. The smallest absolute Gasteiger partial charge is 0.326 e. The van der Waals surface area contributed by atoms with Crippen LogP contribution in [-0.4, -0.2) is 52.5 Å². The van der Waals surface area contributed by atoms with Crippen molar-refractivity contribution >= 4 is 17.8 Å². The van der Waals surface area contributed by atoms with E-state index in [0.29, 0.717) is 12.8 Å². The van der Waals surface area contributed by atoms with E-state index >= 15 is 0 Å². The summed E-state index contributed by atoms with van der Waals surface area (Å²) in [6.07, 6.45) is 1.29. The minimum atomic E-state index is -1.08. The number of hydrogen-bond acceptors (Lipinski definition) is 4. The Kier molecular flexibility index (Phi) is 5.92. The van der Waals surface area contributed by atoms with E-state index in [2.05, 4.69) is 5.32 Å². The Bertz CT molecular complexity index is 605. The molecule has 0 bridgehead atoms. The van der Waals surface area contributed by atoms with Gasteiger partial charge in [-0.2, -0.15) is 0 Å². The molecule has 0 aliphatic carbocycles. The molecule has 0 radical (unpaired) electrons. The molecule has 0 aromatic heterocycles. The molecule has 1 aromatic carbocycles. The number of amides is 2. The van der Waals surface area contributed by atoms with Crippen molar-refractivity contribution in [2.75, 3.05) is 6.54 Å². The minimum absolute atomic E-state index is 0.175. The van der Waals surface area contributed by atoms with Gasteiger partial charge in [0.2, 0.25) is 11.8 Å². The summed E-state index contributed by atoms with van der Waals surface area (Å²) in [5, 5.41) is 12.0. The summed E-state index contributed by atoms with van der Waals surface area (Å²) in [5.74, 6) is -1.70. The molecule has 7 heteroatoms. The van der Waals surface area contributed by atoms with Gasteiger partial charge in [-0.1, -0.05) is 30.3 Å². The molecule has 1 saturated heterocycles. The van der Waals surface area contributed by atoms with Crippen LogP contribution in [0.5, 0.6) is 0 Å². The number of aryl methyl sites for hydroxylation is 1. The zero-order valence-electron chi connectivity index (χ0n) is 13.6. The van der Waals surface area contributed by atoms with E-state index in [9.17, 15) is 19.5 Å². The van der Waals surface area contributed by atoms with Crippen LogP contribution in [0, 0.1) is 0 Å². The lowest BCUT2D eigenvalue weighted by atomic mass is 10.0. The molecule has 1 aliphatic rings. The quantitative estimate of drug-likeness (QED) is 0.685. The molecule has 3 atom stereocenters. The van der Waals surface area contributed by atoms with Gasteiger partial charge in [0.25, 0.3) is 0 Å². The molecular weight excluding hydrogens is 310 g/mol. The van der Waals surface area contributed by atoms with Crippen LogP contribution in [0.2, 0.25) is 0 Å². The Morgan fingerprint density at radius 1 is 1.33 bits per heavy atom. The first kappa shape index (κ1) is 17.9. The Labute approximate surface area is 140 Å². The van der Waals surface area contributed by atoms with Gasteiger partial charge in [-0.3, -0.25) is 9.59 Å². The number of benzene rings is 1. The fraction of sp³-hybridized carbons (Fsp3) is 0.471. The monoisotopic (exact) mass is 333 g/mol. The number of carbonyl (C=O) groups is 3. The maximum atomic E-state index is 12.5. The highest BCUT2D eigenvalue weighted by atomic mass is 16.4. The molecular formula is C17H23N3O4. The van der Waals surface area contributed by atoms with Crippen LogP contribution in [0.4, 0.5) is 0 Å². The molecule has 2 amide bonds. The molecule has 1 aliphatic heterocycles. The molecule has 1 heterocycles. The van der Waals surface area contributed by atoms with Gasteiger partial charge in [0.1, 0.15) is 6.04 Å². The van der Waals surface area contributed by atoms with Crippen LogP contribution >= 0.6 is 0 Å². The van der Waals surface area contributed by atoms with Gasteiger partial charge in [0, 0.05) is 25.9 Å². The molecule has 1 aromatic rings. The Hall–Kier alpha value is -2.41. The lowest BCUT2D eigenvalue weighted by Gasteiger charge is -2.24. The van der Waals surface area contributed by atoms with Crippen LogP contribution < -0.4 is 11.1 Å². The zero-order chi connectivity index (χ0) is 17.7. The van der Waals surface area contributed by atoms with Crippen LogP contribution in [0.15, 0.2) is 30.3 Å². The van der Waals surface area contributed by atoms with Crippen LogP contribution in [0.3, 0.4) is 0 Å². The van der Waals surface area contributed by atoms with Gasteiger partial charge < -0.3 is 21.1 Å². The van der Waals surface area contributed by atoms with Gasteiger partial charge in [0.05, 0.1) is 6.04 Å². The predicted octanol–water partition coefficient (Wildman–Crippen LogP) is 0.137. The van der Waals surface area contributed by atoms with Crippen LogP contribution in [-0.2, 0) is 20.8 Å². The number of likely N-dealkylation sites (tertiary alicyclic amines) is 1. The van der Waals surface area contributed by atoms with Crippen molar-refractivity contribution in [2.24, 2.45) is 5.73 Å². The lowest BCUT2D eigenvalue weighted by molar-refractivity contribution is -0.148. The van der Waals surface area contributed by atoms with Gasteiger partial charge in [-0.15, -0.1) is 0 Å². The first-order chi connectivity index (χ1) is 11.4. The van der Waals surface area contributed by atoms with E-state index in [0.717, 1.165) is 5.56 Å². The SMILES string of the molecule is CC(=O)N[C@H]1C[C@@H](C(=O)O)N(C(=O)[C@H](N)CCc2ccccc2)C1. The van der Waals surface area contributed by atoms with Gasteiger partial charge in [-0.25, -0.2) is 4.79 Å². The second kappa shape index (κ2) is 7.92. The average molecular weight is 333 g/mol. The van der Waals surface area contributed by atoms with E-state index in [-0.39, 0.29) is 30.8 Å². The molecule has 7 nitrogen and oxygen atoms in total. The van der Waals surface area contributed by atoms with Crippen molar-refractivity contribution in [1.82, 2.24) is 10.2 Å². The number of nitrogens with one attached hydrogen (secondary N) is 1. The van der Waals surface area contributed by atoms with E-state index in [1.807, 2.05) is 30.3 Å². The molecule has 1 fully saturated rings. The summed E-state index contributed by atoms with van der Waals surface area (Å²) in [7, 11) is 0. The number of rotatable bonds is 6. The van der Waals surface area contributed by atoms with E-state index in [4.69, 9.17) is 5.73 Å². The summed E-state index contributed by atoms with van der Waals surface area (Å²) in [5.41, 5.74) is 7.06. The molecule has 24 heavy (non-hydrogen) atoms. The average Bonchev–Trinajstić information content (AvgIpc) is 2.96. The number of hydrogen-bond donors (Lipinski definition) is 3. The summed E-state index contributed by atoms with van der Waals surface area (Å²) < 4.78 is 0. The van der Waals surface area contributed by atoms with Crippen molar-refractivity contribution in [3.63, 3.8) is 0 Å². The highest BCUT2D eigenvalue weighted by Gasteiger charge is 2.41. The Morgan fingerprint density at radius 2 is 2.00 bits per heavy atom. The Morgan fingerprint density at radius 3 is 2.58 bits per heavy atom. The second-order valence-corrected chi connectivity index (χ2v) is 6.11. The van der Waals surface area contributed by atoms with Gasteiger partial charge in [-0.05, 0) is 18.4 Å². The number of nitrogens with two attached hydrogens (primary N) is 1. The zero-order valence-corrected chi connectivity index (χ0v) is 13.6. The predicted molar refractivity (Wildman–Crippen MR) is 88.1 cm³/mol. The minimum Gasteiger partial charge on any atom is -0.480 e. The first-order valence-electron chi connectivity index (χ1n) is 7.98.